The number of ether oxygens (including phenoxy) is 1. The molecule has 0 unspecified atom stereocenters. The Morgan fingerprint density at radius 1 is 1.15 bits per heavy atom. The second-order valence-corrected chi connectivity index (χ2v) is 6.49. The lowest BCUT2D eigenvalue weighted by Crippen LogP contribution is -1.99. The molecule has 0 aliphatic carbocycles. The molecule has 1 aliphatic heterocycles. The summed E-state index contributed by atoms with van der Waals surface area (Å²) in [6.45, 7) is 3.04. The van der Waals surface area contributed by atoms with Crippen molar-refractivity contribution in [2.45, 2.75) is 13.3 Å². The van der Waals surface area contributed by atoms with Crippen LogP contribution in [0.4, 0.5) is 0 Å². The normalized spacial score (nSPS) is 13.9. The first kappa shape index (κ1) is 16.2. The minimum atomic E-state index is 0.592. The summed E-state index contributed by atoms with van der Waals surface area (Å²) in [6.07, 6.45) is 2.98. The van der Waals surface area contributed by atoms with Gasteiger partial charge >= 0.3 is 0 Å². The number of nitrogens with one attached hydrogen (secondary N) is 1. The fourth-order valence-corrected chi connectivity index (χ4v) is 3.38. The molecule has 1 aromatic heterocycles. The first-order valence-electron chi connectivity index (χ1n) is 8.61. The van der Waals surface area contributed by atoms with E-state index in [2.05, 4.69) is 47.2 Å². The Morgan fingerprint density at radius 2 is 2.04 bits per heavy atom. The van der Waals surface area contributed by atoms with Gasteiger partial charge < -0.3 is 9.72 Å². The largest absolute Gasteiger partial charge is 0.496 e. The van der Waals surface area contributed by atoms with Gasteiger partial charge in [0.1, 0.15) is 5.75 Å². The Hall–Kier alpha value is -3.32. The molecule has 0 amide bonds. The van der Waals surface area contributed by atoms with Crippen LogP contribution in [0.5, 0.6) is 5.75 Å². The van der Waals surface area contributed by atoms with Crippen LogP contribution >= 0.6 is 0 Å². The summed E-state index contributed by atoms with van der Waals surface area (Å²) in [6, 6.07) is 16.2. The molecule has 128 valence electrons. The van der Waals surface area contributed by atoms with Gasteiger partial charge in [-0.1, -0.05) is 11.6 Å². The number of aromatic nitrogens is 1. The molecule has 0 spiro atoms. The van der Waals surface area contributed by atoms with Gasteiger partial charge in [0, 0.05) is 40.5 Å². The highest BCUT2D eigenvalue weighted by Gasteiger charge is 2.12. The minimum absolute atomic E-state index is 0.592. The lowest BCUT2D eigenvalue weighted by Gasteiger charge is -2.10. The van der Waals surface area contributed by atoms with E-state index in [4.69, 9.17) is 10.00 Å². The first-order chi connectivity index (χ1) is 12.7. The van der Waals surface area contributed by atoms with Gasteiger partial charge in [-0.3, -0.25) is 4.99 Å². The summed E-state index contributed by atoms with van der Waals surface area (Å²) in [7, 11) is 1.63. The van der Waals surface area contributed by atoms with Gasteiger partial charge in [0.2, 0.25) is 0 Å². The SMILES string of the molecule is COc1cc(C#N)ccc1-c1ccc2[nH]c(C3=C(C)CCN=C3)cc2c1. The Morgan fingerprint density at radius 3 is 2.81 bits per heavy atom. The number of H-pyrrole nitrogens is 1. The summed E-state index contributed by atoms with van der Waals surface area (Å²) >= 11 is 0. The molecule has 2 aromatic carbocycles. The highest BCUT2D eigenvalue weighted by Crippen LogP contribution is 2.34. The Labute approximate surface area is 152 Å². The second-order valence-electron chi connectivity index (χ2n) is 6.49. The Kier molecular flexibility index (Phi) is 4.06. The fourth-order valence-electron chi connectivity index (χ4n) is 3.38. The van der Waals surface area contributed by atoms with Crippen molar-refractivity contribution in [3.8, 4) is 22.9 Å². The van der Waals surface area contributed by atoms with Crippen molar-refractivity contribution in [3.63, 3.8) is 0 Å². The highest BCUT2D eigenvalue weighted by molar-refractivity contribution is 6.12. The topological polar surface area (TPSA) is 61.2 Å². The maximum Gasteiger partial charge on any atom is 0.128 e. The zero-order chi connectivity index (χ0) is 18.1. The summed E-state index contributed by atoms with van der Waals surface area (Å²) in [5.74, 6) is 0.706. The lowest BCUT2D eigenvalue weighted by molar-refractivity contribution is 0.416. The summed E-state index contributed by atoms with van der Waals surface area (Å²) in [5, 5.41) is 10.2. The monoisotopic (exact) mass is 341 g/mol. The number of hydrogen-bond acceptors (Lipinski definition) is 3. The van der Waals surface area contributed by atoms with Crippen molar-refractivity contribution in [1.82, 2.24) is 4.98 Å². The zero-order valence-corrected chi connectivity index (χ0v) is 14.8. The standard InChI is InChI=1S/C22H19N3O/c1-14-7-8-24-13-19(14)21-11-17-10-16(4-6-20(17)25-21)18-5-3-15(12-23)9-22(18)26-2/h3-6,9-11,13,25H,7-8H2,1-2H3. The third kappa shape index (κ3) is 2.78. The van der Waals surface area contributed by atoms with Crippen LogP contribution in [0.15, 0.2) is 53.0 Å². The van der Waals surface area contributed by atoms with Crippen LogP contribution in [0.25, 0.3) is 27.6 Å². The zero-order valence-electron chi connectivity index (χ0n) is 14.8. The second kappa shape index (κ2) is 6.53. The van der Waals surface area contributed by atoms with Crippen LogP contribution in [-0.2, 0) is 0 Å². The van der Waals surface area contributed by atoms with Crippen LogP contribution < -0.4 is 4.74 Å². The number of nitrogens with zero attached hydrogens (tertiary/aromatic N) is 2. The highest BCUT2D eigenvalue weighted by atomic mass is 16.5. The maximum atomic E-state index is 9.08. The molecular weight excluding hydrogens is 322 g/mol. The predicted molar refractivity (Wildman–Crippen MR) is 106 cm³/mol. The molecule has 0 radical (unpaired) electrons. The van der Waals surface area contributed by atoms with Crippen molar-refractivity contribution in [2.75, 3.05) is 13.7 Å². The van der Waals surface area contributed by atoms with Crippen molar-refractivity contribution in [1.29, 1.82) is 5.26 Å². The van der Waals surface area contributed by atoms with Gasteiger partial charge in [-0.05, 0) is 55.3 Å². The van der Waals surface area contributed by atoms with Gasteiger partial charge in [0.15, 0.2) is 0 Å². The van der Waals surface area contributed by atoms with Gasteiger partial charge in [-0.25, -0.2) is 0 Å². The smallest absolute Gasteiger partial charge is 0.128 e. The number of nitriles is 1. The summed E-state index contributed by atoms with van der Waals surface area (Å²) < 4.78 is 5.48. The molecule has 0 fully saturated rings. The number of fused-ring (bicyclic) bond motifs is 1. The van der Waals surface area contributed by atoms with Crippen LogP contribution in [0, 0.1) is 11.3 Å². The number of hydrogen-bond donors (Lipinski definition) is 1. The van der Waals surface area contributed by atoms with E-state index in [1.807, 2.05) is 18.3 Å². The number of benzene rings is 2. The molecule has 3 aromatic rings. The molecular formula is C22H19N3O. The van der Waals surface area contributed by atoms with E-state index in [9.17, 15) is 0 Å². The quantitative estimate of drug-likeness (QED) is 0.731. The van der Waals surface area contributed by atoms with E-state index in [0.29, 0.717) is 11.3 Å². The van der Waals surface area contributed by atoms with Crippen molar-refractivity contribution >= 4 is 22.7 Å². The van der Waals surface area contributed by atoms with Gasteiger partial charge in [0.25, 0.3) is 0 Å². The predicted octanol–water partition coefficient (Wildman–Crippen LogP) is 4.96. The number of aromatic amines is 1. The average molecular weight is 341 g/mol. The van der Waals surface area contributed by atoms with E-state index >= 15 is 0 Å². The molecule has 4 nitrogen and oxygen atoms in total. The number of methoxy groups -OCH3 is 1. The summed E-state index contributed by atoms with van der Waals surface area (Å²) in [5.41, 5.74) is 7.37. The third-order valence-corrected chi connectivity index (χ3v) is 4.85. The van der Waals surface area contributed by atoms with Gasteiger partial charge in [-0.15, -0.1) is 0 Å². The molecule has 4 heteroatoms. The van der Waals surface area contributed by atoms with Crippen LogP contribution in [-0.4, -0.2) is 24.9 Å². The third-order valence-electron chi connectivity index (χ3n) is 4.85. The van der Waals surface area contributed by atoms with E-state index in [0.717, 1.165) is 40.7 Å². The fraction of sp³-hybridized carbons (Fsp3) is 0.182. The molecule has 0 bridgehead atoms. The maximum absolute atomic E-state index is 9.08. The van der Waals surface area contributed by atoms with E-state index < -0.39 is 0 Å². The number of aliphatic imine (C=N–C) groups is 1. The summed E-state index contributed by atoms with van der Waals surface area (Å²) in [4.78, 5) is 7.91. The van der Waals surface area contributed by atoms with Crippen LogP contribution in [0.2, 0.25) is 0 Å². The van der Waals surface area contributed by atoms with Crippen molar-refractivity contribution in [2.24, 2.45) is 4.99 Å². The van der Waals surface area contributed by atoms with E-state index in [1.165, 1.54) is 11.1 Å². The minimum Gasteiger partial charge on any atom is -0.496 e. The molecule has 26 heavy (non-hydrogen) atoms. The number of rotatable bonds is 3. The molecule has 2 heterocycles. The first-order valence-corrected chi connectivity index (χ1v) is 8.61. The lowest BCUT2D eigenvalue weighted by atomic mass is 10.0. The van der Waals surface area contributed by atoms with Gasteiger partial charge in [0.05, 0.1) is 18.7 Å². The van der Waals surface area contributed by atoms with Crippen molar-refractivity contribution < 1.29 is 4.74 Å². The molecule has 4 rings (SSSR count). The Balaban J connectivity index is 1.80. The molecule has 0 atom stereocenters. The molecule has 1 N–H and O–H groups in total. The Bertz CT molecular complexity index is 1100. The van der Waals surface area contributed by atoms with Crippen LogP contribution in [0.1, 0.15) is 24.6 Å². The molecule has 1 aliphatic rings. The molecule has 0 saturated heterocycles. The average Bonchev–Trinajstić information content (AvgIpc) is 3.10. The van der Waals surface area contributed by atoms with E-state index in [-0.39, 0.29) is 0 Å². The molecule has 0 saturated carbocycles. The number of allylic oxidation sites excluding steroid dienone is 1. The van der Waals surface area contributed by atoms with E-state index in [1.54, 1.807) is 13.2 Å². The number of dihydropyridines is 1. The van der Waals surface area contributed by atoms with Gasteiger partial charge in [-0.2, -0.15) is 5.26 Å². The van der Waals surface area contributed by atoms with Crippen LogP contribution in [0.3, 0.4) is 0 Å². The van der Waals surface area contributed by atoms with Crippen molar-refractivity contribution in [3.05, 3.63) is 59.3 Å².